The molecule has 1 atom stereocenters. The molecule has 1 heterocycles. The predicted octanol–water partition coefficient (Wildman–Crippen LogP) is 2.67. The van der Waals surface area contributed by atoms with Crippen molar-refractivity contribution in [2.24, 2.45) is 5.92 Å². The van der Waals surface area contributed by atoms with Gasteiger partial charge in [0.25, 0.3) is 0 Å². The van der Waals surface area contributed by atoms with Crippen molar-refractivity contribution in [3.63, 3.8) is 0 Å². The molecule has 0 aromatic heterocycles. The van der Waals surface area contributed by atoms with Crippen LogP contribution < -0.4 is 0 Å². The summed E-state index contributed by atoms with van der Waals surface area (Å²) in [5, 5.41) is 0. The smallest absolute Gasteiger partial charge is 0.223 e. The molecule has 116 valence electrons. The van der Waals surface area contributed by atoms with E-state index in [0.717, 1.165) is 5.56 Å². The molecule has 4 heteroatoms. The maximum atomic E-state index is 11.9. The van der Waals surface area contributed by atoms with E-state index in [2.05, 4.69) is 0 Å². The Balaban J connectivity index is 0.00000106. The monoisotopic (exact) mass is 291 g/mol. The van der Waals surface area contributed by atoms with Gasteiger partial charge in [-0.05, 0) is 5.56 Å². The van der Waals surface area contributed by atoms with Crippen LogP contribution in [0.25, 0.3) is 0 Å². The van der Waals surface area contributed by atoms with E-state index in [1.807, 2.05) is 44.2 Å². The summed E-state index contributed by atoms with van der Waals surface area (Å²) in [6.07, 6.45) is 0.739. The number of ether oxygens (including phenoxy) is 1. The van der Waals surface area contributed by atoms with E-state index in [1.54, 1.807) is 12.0 Å². The highest BCUT2D eigenvalue weighted by molar-refractivity contribution is 5.90. The number of benzene rings is 1. The van der Waals surface area contributed by atoms with Crippen molar-refractivity contribution >= 4 is 11.7 Å². The molecule has 4 nitrogen and oxygen atoms in total. The Morgan fingerprint density at radius 1 is 1.29 bits per heavy atom. The van der Waals surface area contributed by atoms with Crippen LogP contribution in [0.5, 0.6) is 0 Å². The molecule has 2 rings (SSSR count). The summed E-state index contributed by atoms with van der Waals surface area (Å²) in [5.41, 5.74) is 1.10. The van der Waals surface area contributed by atoms with Crippen LogP contribution in [0, 0.1) is 5.92 Å². The van der Waals surface area contributed by atoms with E-state index >= 15 is 0 Å². The van der Waals surface area contributed by atoms with Gasteiger partial charge in [0.1, 0.15) is 5.78 Å². The van der Waals surface area contributed by atoms with E-state index in [9.17, 15) is 9.59 Å². The first-order valence-corrected chi connectivity index (χ1v) is 7.54. The first-order chi connectivity index (χ1) is 10.2. The number of carbonyl (C=O) groups excluding carboxylic acids is 2. The summed E-state index contributed by atoms with van der Waals surface area (Å²) in [6.45, 7) is 5.56. The van der Waals surface area contributed by atoms with Gasteiger partial charge in [-0.1, -0.05) is 44.2 Å². The highest BCUT2D eigenvalue weighted by atomic mass is 16.5. The molecule has 1 fully saturated rings. The lowest BCUT2D eigenvalue weighted by molar-refractivity contribution is -0.129. The molecule has 21 heavy (non-hydrogen) atoms. The van der Waals surface area contributed by atoms with Gasteiger partial charge in [-0.3, -0.25) is 9.59 Å². The van der Waals surface area contributed by atoms with Crippen molar-refractivity contribution in [3.8, 4) is 0 Å². The fourth-order valence-electron chi connectivity index (χ4n) is 2.35. The van der Waals surface area contributed by atoms with Crippen LogP contribution in [0.1, 0.15) is 32.3 Å². The standard InChI is InChI=1S/C15H19NO3.C2H6/c1-19-8-7-14(17)13-9-15(18)16(11-13)10-12-5-3-2-4-6-12;1-2/h2-6,13H,7-11H2,1H3;1-2H3. The molecule has 1 aromatic rings. The van der Waals surface area contributed by atoms with Gasteiger partial charge in [-0.2, -0.15) is 0 Å². The van der Waals surface area contributed by atoms with Gasteiger partial charge in [-0.25, -0.2) is 0 Å². The molecule has 0 saturated carbocycles. The molecular formula is C17H25NO3. The van der Waals surface area contributed by atoms with Crippen LogP contribution in [0.4, 0.5) is 0 Å². The maximum absolute atomic E-state index is 11.9. The highest BCUT2D eigenvalue weighted by Crippen LogP contribution is 2.21. The topological polar surface area (TPSA) is 46.6 Å². The Bertz CT molecular complexity index is 445. The minimum absolute atomic E-state index is 0.0691. The van der Waals surface area contributed by atoms with Crippen molar-refractivity contribution in [2.75, 3.05) is 20.3 Å². The predicted molar refractivity (Wildman–Crippen MR) is 82.8 cm³/mol. The number of hydrogen-bond donors (Lipinski definition) is 0. The number of carbonyl (C=O) groups is 2. The Hall–Kier alpha value is -1.68. The molecule has 1 aromatic carbocycles. The minimum atomic E-state index is -0.161. The van der Waals surface area contributed by atoms with Crippen LogP contribution in [0.15, 0.2) is 30.3 Å². The molecule has 1 aliphatic rings. The summed E-state index contributed by atoms with van der Waals surface area (Å²) in [4.78, 5) is 25.6. The average molecular weight is 291 g/mol. The minimum Gasteiger partial charge on any atom is -0.384 e. The number of rotatable bonds is 6. The Morgan fingerprint density at radius 2 is 1.95 bits per heavy atom. The van der Waals surface area contributed by atoms with Gasteiger partial charge >= 0.3 is 0 Å². The number of likely N-dealkylation sites (tertiary alicyclic amines) is 1. The van der Waals surface area contributed by atoms with E-state index in [4.69, 9.17) is 4.74 Å². The average Bonchev–Trinajstić information content (AvgIpc) is 2.89. The lowest BCUT2D eigenvalue weighted by Crippen LogP contribution is -2.26. The lowest BCUT2D eigenvalue weighted by atomic mass is 10.0. The second-order valence-electron chi connectivity index (χ2n) is 4.87. The van der Waals surface area contributed by atoms with Gasteiger partial charge in [0.05, 0.1) is 6.61 Å². The third-order valence-corrected chi connectivity index (χ3v) is 3.44. The third kappa shape index (κ3) is 5.31. The number of methoxy groups -OCH3 is 1. The SMILES string of the molecule is CC.COCCC(=O)C1CC(=O)N(Cc2ccccc2)C1. The summed E-state index contributed by atoms with van der Waals surface area (Å²) >= 11 is 0. The molecule has 1 amide bonds. The molecule has 0 spiro atoms. The van der Waals surface area contributed by atoms with Gasteiger partial charge in [0.15, 0.2) is 0 Å². The Labute approximate surface area is 127 Å². The summed E-state index contributed by atoms with van der Waals surface area (Å²) < 4.78 is 4.90. The number of ketones is 1. The number of hydrogen-bond acceptors (Lipinski definition) is 3. The lowest BCUT2D eigenvalue weighted by Gasteiger charge is -2.16. The molecular weight excluding hydrogens is 266 g/mol. The van der Waals surface area contributed by atoms with Crippen LogP contribution in [0.3, 0.4) is 0 Å². The zero-order valence-electron chi connectivity index (χ0n) is 13.2. The molecule has 0 N–H and O–H groups in total. The number of nitrogens with zero attached hydrogens (tertiary/aromatic N) is 1. The van der Waals surface area contributed by atoms with Gasteiger partial charge in [0, 0.05) is 39.0 Å². The van der Waals surface area contributed by atoms with Gasteiger partial charge in [0.2, 0.25) is 5.91 Å². The molecule has 0 radical (unpaired) electrons. The first kappa shape index (κ1) is 17.4. The summed E-state index contributed by atoms with van der Waals surface area (Å²) in [6, 6.07) is 9.85. The van der Waals surface area contributed by atoms with E-state index in [0.29, 0.717) is 32.5 Å². The molecule has 0 bridgehead atoms. The molecule has 1 unspecified atom stereocenters. The van der Waals surface area contributed by atoms with Gasteiger partial charge < -0.3 is 9.64 Å². The fraction of sp³-hybridized carbons (Fsp3) is 0.529. The van der Waals surface area contributed by atoms with Crippen molar-refractivity contribution in [2.45, 2.75) is 33.2 Å². The maximum Gasteiger partial charge on any atom is 0.223 e. The quantitative estimate of drug-likeness (QED) is 0.809. The van der Waals surface area contributed by atoms with Crippen molar-refractivity contribution in [3.05, 3.63) is 35.9 Å². The Morgan fingerprint density at radius 3 is 2.57 bits per heavy atom. The first-order valence-electron chi connectivity index (χ1n) is 7.54. The zero-order valence-corrected chi connectivity index (χ0v) is 13.2. The normalized spacial score (nSPS) is 17.4. The van der Waals surface area contributed by atoms with E-state index < -0.39 is 0 Å². The van der Waals surface area contributed by atoms with Crippen LogP contribution in [0.2, 0.25) is 0 Å². The van der Waals surface area contributed by atoms with Gasteiger partial charge in [-0.15, -0.1) is 0 Å². The largest absolute Gasteiger partial charge is 0.384 e. The fourth-order valence-corrected chi connectivity index (χ4v) is 2.35. The number of Topliss-reactive ketones (excluding diaryl/α,β-unsaturated/α-hetero) is 1. The van der Waals surface area contributed by atoms with Crippen LogP contribution in [-0.2, 0) is 20.9 Å². The second kappa shape index (κ2) is 9.29. The van der Waals surface area contributed by atoms with Crippen molar-refractivity contribution in [1.82, 2.24) is 4.90 Å². The highest BCUT2D eigenvalue weighted by Gasteiger charge is 2.33. The van der Waals surface area contributed by atoms with Crippen LogP contribution >= 0.6 is 0 Å². The molecule has 0 aliphatic carbocycles. The van der Waals surface area contributed by atoms with Crippen LogP contribution in [-0.4, -0.2) is 36.9 Å². The summed E-state index contributed by atoms with van der Waals surface area (Å²) in [7, 11) is 1.58. The zero-order chi connectivity index (χ0) is 15.7. The number of amides is 1. The van der Waals surface area contributed by atoms with Crippen molar-refractivity contribution < 1.29 is 14.3 Å². The van der Waals surface area contributed by atoms with E-state index in [1.165, 1.54) is 0 Å². The second-order valence-corrected chi connectivity index (χ2v) is 4.87. The summed E-state index contributed by atoms with van der Waals surface area (Å²) in [5.74, 6) is 0.0387. The van der Waals surface area contributed by atoms with Crippen molar-refractivity contribution in [1.29, 1.82) is 0 Å². The molecule has 1 saturated heterocycles. The Kier molecular flexibility index (Phi) is 7.69. The van der Waals surface area contributed by atoms with E-state index in [-0.39, 0.29) is 17.6 Å². The molecule has 1 aliphatic heterocycles. The third-order valence-electron chi connectivity index (χ3n) is 3.44.